The Morgan fingerprint density at radius 1 is 1.14 bits per heavy atom. The Labute approximate surface area is 179 Å². The van der Waals surface area contributed by atoms with Gasteiger partial charge in [-0.25, -0.2) is 4.98 Å². The Balaban J connectivity index is 1.38. The normalized spacial score (nSPS) is 15.5. The Kier molecular flexibility index (Phi) is 6.03. The van der Waals surface area contributed by atoms with Crippen molar-refractivity contribution in [3.63, 3.8) is 0 Å². The van der Waals surface area contributed by atoms with Gasteiger partial charge in [-0.3, -0.25) is 9.69 Å². The Morgan fingerprint density at radius 3 is 2.62 bits per heavy atom. The van der Waals surface area contributed by atoms with E-state index >= 15 is 0 Å². The van der Waals surface area contributed by atoms with Gasteiger partial charge in [-0.15, -0.1) is 11.3 Å². The molecular formula is C21H26N4O2S2. The predicted molar refractivity (Wildman–Crippen MR) is 121 cm³/mol. The van der Waals surface area contributed by atoms with Crippen LogP contribution in [0.5, 0.6) is 5.75 Å². The van der Waals surface area contributed by atoms with Crippen molar-refractivity contribution >= 4 is 43.2 Å². The Bertz CT molecular complexity index is 949. The number of amides is 1. The molecule has 0 spiro atoms. The SMILES string of the molecule is COc1ccc(CN2CCCN(C(=O)c3cc4sc(N(C)C)nc4s3)CC2)cc1. The molecule has 154 valence electrons. The lowest BCUT2D eigenvalue weighted by atomic mass is 10.2. The molecule has 3 heterocycles. The second kappa shape index (κ2) is 8.69. The molecule has 0 saturated carbocycles. The number of rotatable bonds is 5. The van der Waals surface area contributed by atoms with E-state index in [0.29, 0.717) is 0 Å². The van der Waals surface area contributed by atoms with Gasteiger partial charge < -0.3 is 14.5 Å². The molecule has 4 rings (SSSR count). The van der Waals surface area contributed by atoms with E-state index in [0.717, 1.165) is 64.4 Å². The van der Waals surface area contributed by atoms with Crippen molar-refractivity contribution in [3.8, 4) is 5.75 Å². The van der Waals surface area contributed by atoms with Crippen LogP contribution in [-0.4, -0.2) is 68.1 Å². The lowest BCUT2D eigenvalue weighted by molar-refractivity contribution is 0.0766. The summed E-state index contributed by atoms with van der Waals surface area (Å²) in [4.78, 5) is 25.9. The summed E-state index contributed by atoms with van der Waals surface area (Å²) in [5.41, 5.74) is 1.27. The van der Waals surface area contributed by atoms with Crippen molar-refractivity contribution in [2.75, 3.05) is 52.3 Å². The van der Waals surface area contributed by atoms with Gasteiger partial charge in [0.25, 0.3) is 5.91 Å². The minimum absolute atomic E-state index is 0.137. The molecule has 0 N–H and O–H groups in total. The maximum Gasteiger partial charge on any atom is 0.264 e. The molecule has 0 atom stereocenters. The second-order valence-corrected chi connectivity index (χ2v) is 9.48. The summed E-state index contributed by atoms with van der Waals surface area (Å²) >= 11 is 3.14. The van der Waals surface area contributed by atoms with Crippen LogP contribution in [0, 0.1) is 0 Å². The smallest absolute Gasteiger partial charge is 0.264 e. The number of thiophene rings is 1. The van der Waals surface area contributed by atoms with E-state index < -0.39 is 0 Å². The number of thiazole rings is 1. The summed E-state index contributed by atoms with van der Waals surface area (Å²) in [6, 6.07) is 10.2. The minimum atomic E-state index is 0.137. The van der Waals surface area contributed by atoms with Gasteiger partial charge >= 0.3 is 0 Å². The van der Waals surface area contributed by atoms with Crippen molar-refractivity contribution in [1.82, 2.24) is 14.8 Å². The van der Waals surface area contributed by atoms with E-state index in [4.69, 9.17) is 4.74 Å². The van der Waals surface area contributed by atoms with Gasteiger partial charge in [0.15, 0.2) is 5.13 Å². The maximum atomic E-state index is 13.0. The number of ether oxygens (including phenoxy) is 1. The average molecular weight is 431 g/mol. The summed E-state index contributed by atoms with van der Waals surface area (Å²) in [6.45, 7) is 4.36. The molecule has 2 aromatic heterocycles. The number of nitrogens with zero attached hydrogens (tertiary/aromatic N) is 4. The number of fused-ring (bicyclic) bond motifs is 1. The zero-order valence-electron chi connectivity index (χ0n) is 17.1. The number of hydrogen-bond acceptors (Lipinski definition) is 7. The van der Waals surface area contributed by atoms with Crippen LogP contribution in [-0.2, 0) is 6.54 Å². The van der Waals surface area contributed by atoms with Crippen molar-refractivity contribution in [2.45, 2.75) is 13.0 Å². The zero-order valence-corrected chi connectivity index (χ0v) is 18.7. The van der Waals surface area contributed by atoms with Crippen LogP contribution < -0.4 is 9.64 Å². The highest BCUT2D eigenvalue weighted by Gasteiger charge is 2.23. The first-order valence-electron chi connectivity index (χ1n) is 9.76. The van der Waals surface area contributed by atoms with Gasteiger partial charge in [0.2, 0.25) is 0 Å². The van der Waals surface area contributed by atoms with Gasteiger partial charge in [-0.1, -0.05) is 23.5 Å². The fraction of sp³-hybridized carbons (Fsp3) is 0.429. The highest BCUT2D eigenvalue weighted by molar-refractivity contribution is 7.29. The van der Waals surface area contributed by atoms with Crippen LogP contribution >= 0.6 is 22.7 Å². The first kappa shape index (κ1) is 20.1. The van der Waals surface area contributed by atoms with Gasteiger partial charge in [0, 0.05) is 46.8 Å². The molecule has 0 radical (unpaired) electrons. The van der Waals surface area contributed by atoms with E-state index in [1.54, 1.807) is 18.4 Å². The van der Waals surface area contributed by atoms with Gasteiger partial charge in [0.1, 0.15) is 10.6 Å². The summed E-state index contributed by atoms with van der Waals surface area (Å²) in [6.07, 6.45) is 0.991. The van der Waals surface area contributed by atoms with Gasteiger partial charge in [-0.05, 0) is 30.2 Å². The average Bonchev–Trinajstić information content (AvgIpc) is 3.21. The zero-order chi connectivity index (χ0) is 20.4. The van der Waals surface area contributed by atoms with Crippen LogP contribution in [0.15, 0.2) is 30.3 Å². The largest absolute Gasteiger partial charge is 0.497 e. The number of benzene rings is 1. The van der Waals surface area contributed by atoms with E-state index in [1.807, 2.05) is 42.1 Å². The molecule has 1 amide bonds. The summed E-state index contributed by atoms with van der Waals surface area (Å²) < 4.78 is 6.33. The molecule has 1 aliphatic heterocycles. The highest BCUT2D eigenvalue weighted by Crippen LogP contribution is 2.34. The summed E-state index contributed by atoms with van der Waals surface area (Å²) in [7, 11) is 5.66. The van der Waals surface area contributed by atoms with Crippen LogP contribution in [0.4, 0.5) is 5.13 Å². The van der Waals surface area contributed by atoms with Crippen molar-refractivity contribution in [1.29, 1.82) is 0 Å². The lowest BCUT2D eigenvalue weighted by Gasteiger charge is -2.21. The predicted octanol–water partition coefficient (Wildman–Crippen LogP) is 3.78. The first-order valence-corrected chi connectivity index (χ1v) is 11.4. The first-order chi connectivity index (χ1) is 14.0. The quantitative estimate of drug-likeness (QED) is 0.617. The number of anilines is 1. The molecule has 1 aliphatic rings. The molecule has 1 fully saturated rings. The number of hydrogen-bond donors (Lipinski definition) is 0. The molecule has 29 heavy (non-hydrogen) atoms. The summed E-state index contributed by atoms with van der Waals surface area (Å²) in [5, 5.41) is 0.981. The van der Waals surface area contributed by atoms with Crippen LogP contribution in [0.1, 0.15) is 21.7 Å². The number of aromatic nitrogens is 1. The van der Waals surface area contributed by atoms with Crippen LogP contribution in [0.3, 0.4) is 0 Å². The Morgan fingerprint density at radius 2 is 1.93 bits per heavy atom. The van der Waals surface area contributed by atoms with E-state index in [1.165, 1.54) is 16.9 Å². The standard InChI is InChI=1S/C21H26N4O2S2/c1-23(2)21-22-19-17(29-21)13-18(28-19)20(26)25-10-4-9-24(11-12-25)14-15-5-7-16(27-3)8-6-15/h5-8,13H,4,9-12,14H2,1-3H3. The fourth-order valence-corrected chi connectivity index (χ4v) is 5.60. The van der Waals surface area contributed by atoms with E-state index in [2.05, 4.69) is 22.0 Å². The third-order valence-corrected chi connectivity index (χ3v) is 7.43. The van der Waals surface area contributed by atoms with E-state index in [9.17, 15) is 4.79 Å². The molecule has 0 unspecified atom stereocenters. The minimum Gasteiger partial charge on any atom is -0.497 e. The summed E-state index contributed by atoms with van der Waals surface area (Å²) in [5.74, 6) is 1.02. The van der Waals surface area contributed by atoms with Crippen molar-refractivity contribution in [2.24, 2.45) is 0 Å². The van der Waals surface area contributed by atoms with Crippen molar-refractivity contribution < 1.29 is 9.53 Å². The van der Waals surface area contributed by atoms with Gasteiger partial charge in [0.05, 0.1) is 16.7 Å². The number of carbonyl (C=O) groups excluding carboxylic acids is 1. The molecule has 8 heteroatoms. The fourth-order valence-electron chi connectivity index (χ4n) is 3.50. The highest BCUT2D eigenvalue weighted by atomic mass is 32.1. The molecule has 1 aromatic carbocycles. The molecule has 6 nitrogen and oxygen atoms in total. The molecular weight excluding hydrogens is 404 g/mol. The van der Waals surface area contributed by atoms with Crippen molar-refractivity contribution in [3.05, 3.63) is 40.8 Å². The third-order valence-electron chi connectivity index (χ3n) is 5.11. The van der Waals surface area contributed by atoms with Gasteiger partial charge in [-0.2, -0.15) is 0 Å². The molecule has 0 aliphatic carbocycles. The molecule has 1 saturated heterocycles. The lowest BCUT2D eigenvalue weighted by Crippen LogP contribution is -2.34. The topological polar surface area (TPSA) is 48.9 Å². The van der Waals surface area contributed by atoms with Crippen LogP contribution in [0.2, 0.25) is 0 Å². The van der Waals surface area contributed by atoms with Crippen LogP contribution in [0.25, 0.3) is 9.53 Å². The molecule has 0 bridgehead atoms. The molecule has 3 aromatic rings. The third kappa shape index (κ3) is 4.55. The number of carbonyl (C=O) groups is 1. The second-order valence-electron chi connectivity index (χ2n) is 7.44. The number of methoxy groups -OCH3 is 1. The van der Waals surface area contributed by atoms with E-state index in [-0.39, 0.29) is 5.91 Å². The monoisotopic (exact) mass is 430 g/mol. The Hall–Kier alpha value is -2.16. The maximum absolute atomic E-state index is 13.0.